The molecule has 1 aliphatic heterocycles. The summed E-state index contributed by atoms with van der Waals surface area (Å²) in [5.41, 5.74) is -0.394. The highest BCUT2D eigenvalue weighted by molar-refractivity contribution is 7.92. The molecule has 1 fully saturated rings. The molecule has 1 saturated carbocycles. The zero-order valence-electron chi connectivity index (χ0n) is 14.1. The van der Waals surface area contributed by atoms with Crippen molar-refractivity contribution in [3.8, 4) is 17.6 Å². The average Bonchev–Trinajstić information content (AvgIpc) is 3.10. The molecule has 7 heteroatoms. The van der Waals surface area contributed by atoms with Crippen LogP contribution in [-0.4, -0.2) is 34.2 Å². The number of sulfone groups is 1. The molecule has 1 aliphatic carbocycles. The predicted octanol–water partition coefficient (Wildman–Crippen LogP) is 2.51. The number of nitriles is 1. The maximum absolute atomic E-state index is 13.2. The van der Waals surface area contributed by atoms with Crippen LogP contribution >= 0.6 is 0 Å². The highest BCUT2D eigenvalue weighted by atomic mass is 32.2. The molecular formula is C19H17NO5S. The van der Waals surface area contributed by atoms with Crippen LogP contribution < -0.4 is 9.47 Å². The third-order valence-electron chi connectivity index (χ3n) is 5.01. The lowest BCUT2D eigenvalue weighted by Crippen LogP contribution is -2.19. The Morgan fingerprint density at radius 2 is 1.92 bits per heavy atom. The fraction of sp³-hybridized carbons (Fsp3) is 0.316. The van der Waals surface area contributed by atoms with Crippen LogP contribution in [0.25, 0.3) is 0 Å². The third-order valence-corrected chi connectivity index (χ3v) is 7.30. The fourth-order valence-corrected chi connectivity index (χ4v) is 6.10. The normalized spacial score (nSPS) is 26.3. The summed E-state index contributed by atoms with van der Waals surface area (Å²) in [6.07, 6.45) is 0. The molecule has 0 N–H and O–H groups in total. The quantitative estimate of drug-likeness (QED) is 0.803. The van der Waals surface area contributed by atoms with Crippen molar-refractivity contribution in [1.29, 1.82) is 5.26 Å². The minimum absolute atomic E-state index is 0.0410. The number of benzene rings is 2. The Kier molecular flexibility index (Phi) is 3.90. The Balaban J connectivity index is 1.79. The first-order valence-electron chi connectivity index (χ1n) is 8.13. The molecule has 0 unspecified atom stereocenters. The van der Waals surface area contributed by atoms with Crippen LogP contribution in [0.5, 0.6) is 11.5 Å². The number of hydrogen-bond acceptors (Lipinski definition) is 6. The molecule has 0 aromatic heterocycles. The Morgan fingerprint density at radius 1 is 1.19 bits per heavy atom. The molecule has 1 heterocycles. The van der Waals surface area contributed by atoms with Gasteiger partial charge in [-0.15, -0.1) is 0 Å². The van der Waals surface area contributed by atoms with Gasteiger partial charge >= 0.3 is 0 Å². The fourth-order valence-electron chi connectivity index (χ4n) is 3.77. The van der Waals surface area contributed by atoms with Crippen LogP contribution in [0.3, 0.4) is 0 Å². The molecule has 6 nitrogen and oxygen atoms in total. The van der Waals surface area contributed by atoms with Crippen molar-refractivity contribution in [2.45, 2.75) is 16.1 Å². The topological polar surface area (TPSA) is 85.6 Å². The van der Waals surface area contributed by atoms with Gasteiger partial charge in [0.15, 0.2) is 21.3 Å². The van der Waals surface area contributed by atoms with Crippen LogP contribution in [0.2, 0.25) is 0 Å². The number of nitrogens with zero attached hydrogens (tertiary/aromatic N) is 1. The Hall–Kier alpha value is -2.56. The van der Waals surface area contributed by atoms with E-state index < -0.39 is 26.4 Å². The highest BCUT2D eigenvalue weighted by Gasteiger charge is 2.72. The molecular weight excluding hydrogens is 354 g/mol. The van der Waals surface area contributed by atoms with Crippen molar-refractivity contribution < 1.29 is 22.6 Å². The van der Waals surface area contributed by atoms with E-state index in [0.717, 1.165) is 5.56 Å². The molecule has 0 spiro atoms. The van der Waals surface area contributed by atoms with Crippen LogP contribution in [0, 0.1) is 16.7 Å². The molecule has 3 atom stereocenters. The van der Waals surface area contributed by atoms with Gasteiger partial charge in [-0.3, -0.25) is 0 Å². The molecule has 134 valence electrons. The second kappa shape index (κ2) is 6.01. The van der Waals surface area contributed by atoms with E-state index in [1.807, 2.05) is 0 Å². The Bertz CT molecular complexity index is 983. The number of rotatable bonds is 5. The Morgan fingerprint density at radius 3 is 2.62 bits per heavy atom. The second-order valence-electron chi connectivity index (χ2n) is 6.45. The van der Waals surface area contributed by atoms with Crippen LogP contribution in [0.15, 0.2) is 53.4 Å². The van der Waals surface area contributed by atoms with Gasteiger partial charge in [0.05, 0.1) is 22.8 Å². The van der Waals surface area contributed by atoms with Crippen molar-refractivity contribution in [3.05, 3.63) is 54.1 Å². The number of methoxy groups -OCH3 is 1. The summed E-state index contributed by atoms with van der Waals surface area (Å²) in [5.74, 6) is 0.688. The van der Waals surface area contributed by atoms with Gasteiger partial charge in [-0.05, 0) is 29.8 Å². The van der Waals surface area contributed by atoms with Gasteiger partial charge in [0, 0.05) is 13.0 Å². The van der Waals surface area contributed by atoms with Gasteiger partial charge in [0.2, 0.25) is 6.79 Å². The lowest BCUT2D eigenvalue weighted by molar-refractivity contribution is 0.162. The summed E-state index contributed by atoms with van der Waals surface area (Å²) in [6, 6.07) is 15.7. The molecule has 0 amide bonds. The van der Waals surface area contributed by atoms with E-state index in [9.17, 15) is 13.7 Å². The smallest absolute Gasteiger partial charge is 0.231 e. The summed E-state index contributed by atoms with van der Waals surface area (Å²) in [4.78, 5) is 0.212. The van der Waals surface area contributed by atoms with Crippen LogP contribution in [0.1, 0.15) is 11.5 Å². The maximum atomic E-state index is 13.2. The minimum Gasteiger partial charge on any atom is -0.454 e. The number of hydrogen-bond donors (Lipinski definition) is 0. The molecule has 0 saturated heterocycles. The molecule has 2 aromatic carbocycles. The molecule has 0 bridgehead atoms. The first-order valence-corrected chi connectivity index (χ1v) is 9.68. The molecule has 26 heavy (non-hydrogen) atoms. The highest BCUT2D eigenvalue weighted by Crippen LogP contribution is 2.64. The molecule has 0 radical (unpaired) electrons. The largest absolute Gasteiger partial charge is 0.454 e. The standard InChI is InChI=1S/C19H17NO5S/c1-23-11-19(10-20)17(13-7-8-15-16(9-13)25-12-24-15)18(19)26(21,22)14-5-3-2-4-6-14/h2-9,17-18H,11-12H2,1H3/t17-,18-,19-/m0/s1. The van der Waals surface area contributed by atoms with E-state index >= 15 is 0 Å². The molecule has 2 aliphatic rings. The summed E-state index contributed by atoms with van der Waals surface area (Å²) in [6.45, 7) is 0.177. The summed E-state index contributed by atoms with van der Waals surface area (Å²) < 4.78 is 42.3. The van der Waals surface area contributed by atoms with Crippen molar-refractivity contribution >= 4 is 9.84 Å². The van der Waals surface area contributed by atoms with Crippen molar-refractivity contribution in [2.24, 2.45) is 5.41 Å². The van der Waals surface area contributed by atoms with Gasteiger partial charge in [-0.2, -0.15) is 5.26 Å². The number of ether oxygens (including phenoxy) is 3. The monoisotopic (exact) mass is 371 g/mol. The van der Waals surface area contributed by atoms with Gasteiger partial charge in [-0.1, -0.05) is 24.3 Å². The second-order valence-corrected chi connectivity index (χ2v) is 8.52. The van der Waals surface area contributed by atoms with Crippen LogP contribution in [0.4, 0.5) is 0 Å². The average molecular weight is 371 g/mol. The zero-order valence-corrected chi connectivity index (χ0v) is 14.9. The summed E-state index contributed by atoms with van der Waals surface area (Å²) in [7, 11) is -2.22. The predicted molar refractivity (Wildman–Crippen MR) is 92.6 cm³/mol. The van der Waals surface area contributed by atoms with Crippen LogP contribution in [-0.2, 0) is 14.6 Å². The van der Waals surface area contributed by atoms with E-state index in [1.54, 1.807) is 48.5 Å². The SMILES string of the molecule is COC[C@@]1(C#N)[C@@H](c2ccc3c(c2)OCO3)[C@@H]1S(=O)(=O)c1ccccc1. The van der Waals surface area contributed by atoms with E-state index in [1.165, 1.54) is 7.11 Å². The summed E-state index contributed by atoms with van der Waals surface area (Å²) >= 11 is 0. The Labute approximate surface area is 151 Å². The van der Waals surface area contributed by atoms with Crippen molar-refractivity contribution in [2.75, 3.05) is 20.5 Å². The maximum Gasteiger partial charge on any atom is 0.231 e. The van der Waals surface area contributed by atoms with Gasteiger partial charge in [0.25, 0.3) is 0 Å². The minimum atomic E-state index is -3.69. The zero-order chi connectivity index (χ0) is 18.4. The van der Waals surface area contributed by atoms with Crippen molar-refractivity contribution in [1.82, 2.24) is 0 Å². The van der Waals surface area contributed by atoms with Gasteiger partial charge < -0.3 is 14.2 Å². The lowest BCUT2D eigenvalue weighted by atomic mass is 10.0. The van der Waals surface area contributed by atoms with E-state index in [-0.39, 0.29) is 18.3 Å². The summed E-state index contributed by atoms with van der Waals surface area (Å²) in [5, 5.41) is 8.97. The third kappa shape index (κ3) is 2.37. The molecule has 4 rings (SSSR count). The van der Waals surface area contributed by atoms with Gasteiger partial charge in [0.1, 0.15) is 5.41 Å². The van der Waals surface area contributed by atoms with Gasteiger partial charge in [-0.25, -0.2) is 8.42 Å². The number of fused-ring (bicyclic) bond motifs is 1. The van der Waals surface area contributed by atoms with Crippen molar-refractivity contribution in [3.63, 3.8) is 0 Å². The first-order chi connectivity index (χ1) is 12.5. The molecule has 2 aromatic rings. The van der Waals surface area contributed by atoms with E-state index in [2.05, 4.69) is 6.07 Å². The first kappa shape index (κ1) is 16.9. The van der Waals surface area contributed by atoms with E-state index in [0.29, 0.717) is 11.5 Å². The lowest BCUT2D eigenvalue weighted by Gasteiger charge is -2.08. The van der Waals surface area contributed by atoms with E-state index in [4.69, 9.17) is 14.2 Å².